The van der Waals surface area contributed by atoms with Crippen molar-refractivity contribution >= 4 is 27.3 Å². The van der Waals surface area contributed by atoms with Gasteiger partial charge in [0.1, 0.15) is 12.3 Å². The van der Waals surface area contributed by atoms with Crippen LogP contribution >= 0.6 is 0 Å². The first-order valence-corrected chi connectivity index (χ1v) is 10.5. The lowest BCUT2D eigenvalue weighted by atomic mass is 10.1. The molecule has 0 aromatic heterocycles. The summed E-state index contributed by atoms with van der Waals surface area (Å²) < 4.78 is 30.5. The van der Waals surface area contributed by atoms with Crippen LogP contribution in [0.4, 0.5) is 11.4 Å². The minimum atomic E-state index is -3.85. The maximum atomic E-state index is 12.5. The molecule has 0 saturated heterocycles. The van der Waals surface area contributed by atoms with E-state index in [9.17, 15) is 23.3 Å². The normalized spacial score (nSPS) is 12.1. The highest BCUT2D eigenvalue weighted by atomic mass is 32.2. The zero-order chi connectivity index (χ0) is 21.8. The van der Waals surface area contributed by atoms with Gasteiger partial charge in [0.2, 0.25) is 15.9 Å². The van der Waals surface area contributed by atoms with Crippen molar-refractivity contribution in [3.05, 3.63) is 63.7 Å². The SMILES string of the molecule is COc1ccc(C(C)NC(=O)CN(c2cc([N+](=O)[O-])ccc2C)S(C)(=O)=O)cc1. The van der Waals surface area contributed by atoms with Crippen molar-refractivity contribution < 1.29 is 22.9 Å². The van der Waals surface area contributed by atoms with E-state index in [1.54, 1.807) is 45.2 Å². The Hall–Kier alpha value is -3.14. The van der Waals surface area contributed by atoms with Gasteiger partial charge in [0.25, 0.3) is 5.69 Å². The van der Waals surface area contributed by atoms with Crippen molar-refractivity contribution in [1.82, 2.24) is 5.32 Å². The van der Waals surface area contributed by atoms with Crippen LogP contribution in [-0.4, -0.2) is 39.2 Å². The van der Waals surface area contributed by atoms with E-state index in [0.717, 1.165) is 22.2 Å². The molecule has 0 bridgehead atoms. The summed E-state index contributed by atoms with van der Waals surface area (Å²) in [6, 6.07) is 10.6. The number of aryl methyl sites for hydroxylation is 1. The summed E-state index contributed by atoms with van der Waals surface area (Å²) >= 11 is 0. The molecule has 29 heavy (non-hydrogen) atoms. The molecule has 0 aliphatic heterocycles. The number of nitro groups is 1. The molecular weight excluding hydrogens is 398 g/mol. The van der Waals surface area contributed by atoms with Crippen LogP contribution in [0, 0.1) is 17.0 Å². The Bertz CT molecular complexity index is 1010. The van der Waals surface area contributed by atoms with Gasteiger partial charge in [0.15, 0.2) is 0 Å². The summed E-state index contributed by atoms with van der Waals surface area (Å²) in [6.45, 7) is 2.89. The Morgan fingerprint density at radius 1 is 1.24 bits per heavy atom. The largest absolute Gasteiger partial charge is 0.497 e. The molecule has 2 aromatic rings. The summed E-state index contributed by atoms with van der Waals surface area (Å²) in [5.74, 6) is 0.140. The molecule has 0 saturated carbocycles. The summed E-state index contributed by atoms with van der Waals surface area (Å²) in [4.78, 5) is 23.0. The average Bonchev–Trinajstić information content (AvgIpc) is 2.65. The van der Waals surface area contributed by atoms with Crippen LogP contribution in [0.15, 0.2) is 42.5 Å². The maximum absolute atomic E-state index is 12.5. The predicted molar refractivity (Wildman–Crippen MR) is 110 cm³/mol. The number of sulfonamides is 1. The van der Waals surface area contributed by atoms with Gasteiger partial charge in [-0.1, -0.05) is 18.2 Å². The van der Waals surface area contributed by atoms with E-state index in [1.165, 1.54) is 12.1 Å². The first kappa shape index (κ1) is 22.2. The van der Waals surface area contributed by atoms with Gasteiger partial charge in [-0.15, -0.1) is 0 Å². The molecule has 0 spiro atoms. The Morgan fingerprint density at radius 3 is 2.38 bits per heavy atom. The van der Waals surface area contributed by atoms with E-state index in [-0.39, 0.29) is 17.4 Å². The van der Waals surface area contributed by atoms with E-state index in [1.807, 2.05) is 0 Å². The highest BCUT2D eigenvalue weighted by molar-refractivity contribution is 7.92. The van der Waals surface area contributed by atoms with Crippen LogP contribution in [0.5, 0.6) is 5.75 Å². The molecule has 10 heteroatoms. The van der Waals surface area contributed by atoms with Gasteiger partial charge in [-0.2, -0.15) is 0 Å². The third-order valence-electron chi connectivity index (χ3n) is 4.35. The minimum absolute atomic E-state index is 0.0916. The topological polar surface area (TPSA) is 119 Å². The van der Waals surface area contributed by atoms with Gasteiger partial charge in [-0.05, 0) is 37.1 Å². The number of amides is 1. The van der Waals surface area contributed by atoms with E-state index < -0.39 is 27.4 Å². The van der Waals surface area contributed by atoms with Crippen LogP contribution in [0.25, 0.3) is 0 Å². The molecule has 0 heterocycles. The quantitative estimate of drug-likeness (QED) is 0.517. The number of nitro benzene ring substituents is 1. The number of carbonyl (C=O) groups excluding carboxylic acids is 1. The van der Waals surface area contributed by atoms with Crippen LogP contribution in [0.3, 0.4) is 0 Å². The molecule has 1 atom stereocenters. The van der Waals surface area contributed by atoms with Crippen LogP contribution in [-0.2, 0) is 14.8 Å². The number of hydrogen-bond acceptors (Lipinski definition) is 6. The predicted octanol–water partition coefficient (Wildman–Crippen LogP) is 2.56. The van der Waals surface area contributed by atoms with Gasteiger partial charge in [0, 0.05) is 12.1 Å². The van der Waals surface area contributed by atoms with E-state index in [2.05, 4.69) is 5.32 Å². The molecule has 0 aliphatic rings. The number of rotatable bonds is 8. The summed E-state index contributed by atoms with van der Waals surface area (Å²) in [5, 5.41) is 13.8. The Balaban J connectivity index is 2.23. The summed E-state index contributed by atoms with van der Waals surface area (Å²) in [7, 11) is -2.30. The lowest BCUT2D eigenvalue weighted by Gasteiger charge is -2.24. The summed E-state index contributed by atoms with van der Waals surface area (Å²) in [6.07, 6.45) is 0.950. The van der Waals surface area contributed by atoms with Gasteiger partial charge in [-0.3, -0.25) is 19.2 Å². The number of anilines is 1. The van der Waals surface area contributed by atoms with E-state index >= 15 is 0 Å². The molecule has 1 unspecified atom stereocenters. The minimum Gasteiger partial charge on any atom is -0.497 e. The molecular formula is C19H23N3O6S. The number of carbonyl (C=O) groups is 1. The maximum Gasteiger partial charge on any atom is 0.271 e. The average molecular weight is 421 g/mol. The molecule has 156 valence electrons. The highest BCUT2D eigenvalue weighted by Crippen LogP contribution is 2.27. The molecule has 0 fully saturated rings. The third kappa shape index (κ3) is 5.67. The second-order valence-corrected chi connectivity index (χ2v) is 8.47. The zero-order valence-electron chi connectivity index (χ0n) is 16.6. The number of nitrogens with zero attached hydrogens (tertiary/aromatic N) is 2. The molecule has 9 nitrogen and oxygen atoms in total. The van der Waals surface area contributed by atoms with Gasteiger partial charge < -0.3 is 10.1 Å². The lowest BCUT2D eigenvalue weighted by molar-refractivity contribution is -0.384. The monoisotopic (exact) mass is 421 g/mol. The first-order valence-electron chi connectivity index (χ1n) is 8.69. The smallest absolute Gasteiger partial charge is 0.271 e. The number of benzene rings is 2. The van der Waals surface area contributed by atoms with Gasteiger partial charge in [0.05, 0.1) is 30.0 Å². The Labute approximate surface area is 169 Å². The number of ether oxygens (including phenoxy) is 1. The number of non-ortho nitro benzene ring substituents is 1. The van der Waals surface area contributed by atoms with Crippen molar-refractivity contribution in [1.29, 1.82) is 0 Å². The second-order valence-electron chi connectivity index (χ2n) is 6.56. The van der Waals surface area contributed by atoms with Crippen molar-refractivity contribution in [2.75, 3.05) is 24.2 Å². The van der Waals surface area contributed by atoms with Crippen LogP contribution in [0.2, 0.25) is 0 Å². The second kappa shape index (κ2) is 8.91. The number of hydrogen-bond donors (Lipinski definition) is 1. The van der Waals surface area contributed by atoms with Crippen LogP contribution in [0.1, 0.15) is 24.1 Å². The van der Waals surface area contributed by atoms with Crippen molar-refractivity contribution in [2.45, 2.75) is 19.9 Å². The van der Waals surface area contributed by atoms with Crippen LogP contribution < -0.4 is 14.4 Å². The van der Waals surface area contributed by atoms with Gasteiger partial charge >= 0.3 is 0 Å². The Kier molecular flexibility index (Phi) is 6.80. The first-order chi connectivity index (χ1) is 13.5. The fourth-order valence-electron chi connectivity index (χ4n) is 2.75. The summed E-state index contributed by atoms with van der Waals surface area (Å²) in [5.41, 5.74) is 1.15. The molecule has 1 N–H and O–H groups in total. The lowest BCUT2D eigenvalue weighted by Crippen LogP contribution is -2.41. The molecule has 0 aliphatic carbocycles. The third-order valence-corrected chi connectivity index (χ3v) is 5.48. The van der Waals surface area contributed by atoms with E-state index in [0.29, 0.717) is 11.3 Å². The molecule has 1 amide bonds. The molecule has 0 radical (unpaired) electrons. The number of nitrogens with one attached hydrogen (secondary N) is 1. The number of methoxy groups -OCH3 is 1. The van der Waals surface area contributed by atoms with Crippen molar-refractivity contribution in [3.63, 3.8) is 0 Å². The Morgan fingerprint density at radius 2 is 1.86 bits per heavy atom. The van der Waals surface area contributed by atoms with E-state index in [4.69, 9.17) is 4.74 Å². The highest BCUT2D eigenvalue weighted by Gasteiger charge is 2.25. The standard InChI is InChI=1S/C19H23N3O6S/c1-13-5-8-16(22(24)25)11-18(13)21(29(4,26)27)12-19(23)20-14(2)15-6-9-17(28-3)10-7-15/h5-11,14H,12H2,1-4H3,(H,20,23). The van der Waals surface area contributed by atoms with Crippen molar-refractivity contribution in [3.8, 4) is 5.75 Å². The fraction of sp³-hybridized carbons (Fsp3) is 0.316. The van der Waals surface area contributed by atoms with Gasteiger partial charge in [-0.25, -0.2) is 8.42 Å². The zero-order valence-corrected chi connectivity index (χ0v) is 17.4. The molecule has 2 aromatic carbocycles. The van der Waals surface area contributed by atoms with Crippen molar-refractivity contribution in [2.24, 2.45) is 0 Å². The molecule has 2 rings (SSSR count). The fourth-order valence-corrected chi connectivity index (χ4v) is 3.66.